The van der Waals surface area contributed by atoms with Crippen LogP contribution in [0.3, 0.4) is 0 Å². The quantitative estimate of drug-likeness (QED) is 0.296. The molecule has 50 valence electrons. The molecular formula is C5H10N4. The predicted molar refractivity (Wildman–Crippen MR) is 33.3 cm³/mol. The standard InChI is InChI=1S/C5H10N4/c6-8-3-5(9-7)4-1-2-4/h3-4,7-8H,1-2,6H2/b5-3-,9-7?. The zero-order valence-electron chi connectivity index (χ0n) is 5.09. The molecule has 1 aliphatic rings. The van der Waals surface area contributed by atoms with Crippen LogP contribution in [0, 0.1) is 11.4 Å². The van der Waals surface area contributed by atoms with Crippen molar-refractivity contribution in [2.75, 3.05) is 0 Å². The number of hydrogen-bond donors (Lipinski definition) is 3. The van der Waals surface area contributed by atoms with Gasteiger partial charge < -0.3 is 5.43 Å². The number of nitrogens with zero attached hydrogens (tertiary/aromatic N) is 1. The summed E-state index contributed by atoms with van der Waals surface area (Å²) >= 11 is 0. The van der Waals surface area contributed by atoms with Gasteiger partial charge in [0.15, 0.2) is 0 Å². The van der Waals surface area contributed by atoms with Crippen molar-refractivity contribution in [2.24, 2.45) is 16.9 Å². The Morgan fingerprint density at radius 2 is 2.44 bits per heavy atom. The smallest absolute Gasteiger partial charge is 0.0824 e. The molecule has 1 saturated carbocycles. The van der Waals surface area contributed by atoms with Crippen LogP contribution >= 0.6 is 0 Å². The fraction of sp³-hybridized carbons (Fsp3) is 0.600. The van der Waals surface area contributed by atoms with Crippen LogP contribution in [0.5, 0.6) is 0 Å². The van der Waals surface area contributed by atoms with Gasteiger partial charge in [0, 0.05) is 12.1 Å². The van der Waals surface area contributed by atoms with Crippen LogP contribution in [0.1, 0.15) is 12.8 Å². The van der Waals surface area contributed by atoms with E-state index in [0.29, 0.717) is 5.92 Å². The van der Waals surface area contributed by atoms with Crippen LogP contribution in [-0.2, 0) is 0 Å². The van der Waals surface area contributed by atoms with Crippen LogP contribution in [0.2, 0.25) is 0 Å². The van der Waals surface area contributed by atoms with E-state index in [4.69, 9.17) is 11.4 Å². The molecule has 0 unspecified atom stereocenters. The molecule has 0 spiro atoms. The summed E-state index contributed by atoms with van der Waals surface area (Å²) in [6, 6.07) is 0. The molecule has 4 heteroatoms. The monoisotopic (exact) mass is 126 g/mol. The number of hydrogen-bond acceptors (Lipinski definition) is 4. The molecule has 0 aliphatic heterocycles. The van der Waals surface area contributed by atoms with Crippen LogP contribution in [0.4, 0.5) is 0 Å². The van der Waals surface area contributed by atoms with Gasteiger partial charge in [0.2, 0.25) is 0 Å². The van der Waals surface area contributed by atoms with Crippen molar-refractivity contribution in [2.45, 2.75) is 12.8 Å². The number of rotatable bonds is 3. The van der Waals surface area contributed by atoms with Crippen LogP contribution in [0.15, 0.2) is 17.0 Å². The van der Waals surface area contributed by atoms with Gasteiger partial charge in [-0.05, 0) is 12.8 Å². The van der Waals surface area contributed by atoms with Gasteiger partial charge in [0.1, 0.15) is 0 Å². The molecule has 0 amide bonds. The average Bonchev–Trinajstić information content (AvgIpc) is 2.64. The summed E-state index contributed by atoms with van der Waals surface area (Å²) in [5, 5.41) is 3.31. The maximum atomic E-state index is 6.69. The van der Waals surface area contributed by atoms with Gasteiger partial charge in [0.25, 0.3) is 0 Å². The maximum absolute atomic E-state index is 6.69. The van der Waals surface area contributed by atoms with Crippen molar-refractivity contribution in [3.63, 3.8) is 0 Å². The van der Waals surface area contributed by atoms with E-state index in [1.54, 1.807) is 6.20 Å². The Hall–Kier alpha value is -0.900. The molecule has 0 saturated heterocycles. The molecule has 0 aromatic carbocycles. The summed E-state index contributed by atoms with van der Waals surface area (Å²) in [5.74, 6) is 5.50. The lowest BCUT2D eigenvalue weighted by molar-refractivity contribution is 0.851. The molecular weight excluding hydrogens is 116 g/mol. The SMILES string of the molecule is N=N/C(=C\NN)C1CC1. The molecule has 1 rings (SSSR count). The van der Waals surface area contributed by atoms with Gasteiger partial charge in [-0.2, -0.15) is 5.11 Å². The highest BCUT2D eigenvalue weighted by molar-refractivity contribution is 5.08. The first-order valence-corrected chi connectivity index (χ1v) is 2.92. The van der Waals surface area contributed by atoms with E-state index in [-0.39, 0.29) is 0 Å². The van der Waals surface area contributed by atoms with Crippen molar-refractivity contribution in [3.05, 3.63) is 11.9 Å². The van der Waals surface area contributed by atoms with Gasteiger partial charge in [-0.25, -0.2) is 5.53 Å². The summed E-state index contributed by atoms with van der Waals surface area (Å²) in [7, 11) is 0. The lowest BCUT2D eigenvalue weighted by Crippen LogP contribution is -2.14. The number of allylic oxidation sites excluding steroid dienone is 1. The van der Waals surface area contributed by atoms with Crippen molar-refractivity contribution >= 4 is 0 Å². The fourth-order valence-electron chi connectivity index (χ4n) is 0.706. The molecule has 0 bridgehead atoms. The number of nitrogens with two attached hydrogens (primary N) is 1. The largest absolute Gasteiger partial charge is 0.330 e. The van der Waals surface area contributed by atoms with E-state index >= 15 is 0 Å². The fourth-order valence-corrected chi connectivity index (χ4v) is 0.706. The second-order valence-corrected chi connectivity index (χ2v) is 2.12. The lowest BCUT2D eigenvalue weighted by atomic mass is 10.3. The summed E-state index contributed by atoms with van der Waals surface area (Å²) < 4.78 is 0. The zero-order chi connectivity index (χ0) is 6.69. The molecule has 0 aromatic heterocycles. The predicted octanol–water partition coefficient (Wildman–Crippen LogP) is 0.732. The van der Waals surface area contributed by atoms with Crippen molar-refractivity contribution < 1.29 is 0 Å². The summed E-state index contributed by atoms with van der Waals surface area (Å²) in [6.45, 7) is 0. The number of nitrogens with one attached hydrogen (secondary N) is 2. The molecule has 1 fully saturated rings. The normalized spacial score (nSPS) is 19.4. The highest BCUT2D eigenvalue weighted by atomic mass is 15.2. The molecule has 1 aliphatic carbocycles. The zero-order valence-corrected chi connectivity index (χ0v) is 5.09. The van der Waals surface area contributed by atoms with Gasteiger partial charge in [-0.1, -0.05) is 0 Å². The van der Waals surface area contributed by atoms with E-state index in [1.807, 2.05) is 0 Å². The molecule has 0 radical (unpaired) electrons. The molecule has 0 heterocycles. The van der Waals surface area contributed by atoms with E-state index < -0.39 is 0 Å². The second kappa shape index (κ2) is 2.59. The second-order valence-electron chi connectivity index (χ2n) is 2.12. The summed E-state index contributed by atoms with van der Waals surface area (Å²) in [6.07, 6.45) is 3.87. The van der Waals surface area contributed by atoms with Gasteiger partial charge in [0.05, 0.1) is 5.70 Å². The Balaban J connectivity index is 2.46. The van der Waals surface area contributed by atoms with Crippen LogP contribution < -0.4 is 11.3 Å². The third-order valence-corrected chi connectivity index (χ3v) is 1.36. The van der Waals surface area contributed by atoms with Crippen molar-refractivity contribution in [1.29, 1.82) is 5.53 Å². The van der Waals surface area contributed by atoms with E-state index in [0.717, 1.165) is 18.5 Å². The molecule has 0 atom stereocenters. The Morgan fingerprint density at radius 1 is 1.78 bits per heavy atom. The first-order valence-electron chi connectivity index (χ1n) is 2.92. The van der Waals surface area contributed by atoms with E-state index in [2.05, 4.69) is 10.5 Å². The average molecular weight is 126 g/mol. The summed E-state index contributed by atoms with van der Waals surface area (Å²) in [4.78, 5) is 0. The summed E-state index contributed by atoms with van der Waals surface area (Å²) in [5.41, 5.74) is 9.82. The molecule has 4 nitrogen and oxygen atoms in total. The molecule has 0 aromatic rings. The Morgan fingerprint density at radius 3 is 2.78 bits per heavy atom. The Labute approximate surface area is 53.6 Å². The van der Waals surface area contributed by atoms with E-state index in [9.17, 15) is 0 Å². The van der Waals surface area contributed by atoms with Crippen molar-refractivity contribution in [1.82, 2.24) is 5.43 Å². The van der Waals surface area contributed by atoms with Gasteiger partial charge in [-0.15, -0.1) is 0 Å². The highest BCUT2D eigenvalue weighted by Gasteiger charge is 2.25. The minimum Gasteiger partial charge on any atom is -0.330 e. The van der Waals surface area contributed by atoms with Crippen molar-refractivity contribution in [3.8, 4) is 0 Å². The topological polar surface area (TPSA) is 74.3 Å². The minimum atomic E-state index is 0.499. The highest BCUT2D eigenvalue weighted by Crippen LogP contribution is 2.36. The third kappa shape index (κ3) is 1.50. The first kappa shape index (κ1) is 6.22. The van der Waals surface area contributed by atoms with Crippen LogP contribution in [0.25, 0.3) is 0 Å². The lowest BCUT2D eigenvalue weighted by Gasteiger charge is -1.92. The Bertz CT molecular complexity index is 136. The number of hydrazine groups is 1. The first-order chi connectivity index (χ1) is 4.38. The minimum absolute atomic E-state index is 0.499. The van der Waals surface area contributed by atoms with E-state index in [1.165, 1.54) is 0 Å². The molecule has 4 N–H and O–H groups in total. The van der Waals surface area contributed by atoms with Gasteiger partial charge in [-0.3, -0.25) is 5.84 Å². The maximum Gasteiger partial charge on any atom is 0.0824 e. The van der Waals surface area contributed by atoms with Crippen LogP contribution in [-0.4, -0.2) is 0 Å². The Kier molecular flexibility index (Phi) is 1.79. The molecule has 9 heavy (non-hydrogen) atoms. The van der Waals surface area contributed by atoms with Gasteiger partial charge >= 0.3 is 0 Å². The third-order valence-electron chi connectivity index (χ3n) is 1.36.